The molecular weight excluding hydrogens is 212 g/mol. The molecule has 0 aromatic heterocycles. The number of ether oxygens (including phenoxy) is 1. The summed E-state index contributed by atoms with van der Waals surface area (Å²) in [5.74, 6) is 0.897. The van der Waals surface area contributed by atoms with E-state index in [1.807, 2.05) is 12.1 Å². The normalized spacial score (nSPS) is 14.7. The number of nitrogens with zero attached hydrogens (tertiary/aromatic N) is 1. The quantitative estimate of drug-likeness (QED) is 0.823. The first-order valence-corrected chi connectivity index (χ1v) is 6.10. The fourth-order valence-electron chi connectivity index (χ4n) is 1.77. The van der Waals surface area contributed by atoms with Crippen LogP contribution in [0.15, 0.2) is 24.3 Å². The highest BCUT2D eigenvalue weighted by Gasteiger charge is 2.25. The van der Waals surface area contributed by atoms with Crippen molar-refractivity contribution in [3.63, 3.8) is 0 Å². The van der Waals surface area contributed by atoms with Gasteiger partial charge >= 0.3 is 0 Å². The van der Waals surface area contributed by atoms with Gasteiger partial charge in [-0.2, -0.15) is 0 Å². The van der Waals surface area contributed by atoms with Crippen molar-refractivity contribution < 1.29 is 4.74 Å². The molecule has 0 heterocycles. The van der Waals surface area contributed by atoms with Gasteiger partial charge in [-0.1, -0.05) is 19.1 Å². The van der Waals surface area contributed by atoms with Gasteiger partial charge in [-0.25, -0.2) is 0 Å². The minimum atomic E-state index is 0.0694. The zero-order chi connectivity index (χ0) is 12.9. The number of methoxy groups -OCH3 is 1. The van der Waals surface area contributed by atoms with E-state index < -0.39 is 0 Å². The van der Waals surface area contributed by atoms with Gasteiger partial charge < -0.3 is 10.5 Å². The van der Waals surface area contributed by atoms with Crippen molar-refractivity contribution in [1.82, 2.24) is 4.90 Å². The van der Waals surface area contributed by atoms with Gasteiger partial charge in [0.25, 0.3) is 0 Å². The Balaban J connectivity index is 2.69. The Morgan fingerprint density at radius 3 is 2.29 bits per heavy atom. The van der Waals surface area contributed by atoms with Gasteiger partial charge in [-0.3, -0.25) is 4.90 Å². The van der Waals surface area contributed by atoms with Crippen LogP contribution >= 0.6 is 0 Å². The Morgan fingerprint density at radius 1 is 1.29 bits per heavy atom. The topological polar surface area (TPSA) is 38.5 Å². The van der Waals surface area contributed by atoms with E-state index >= 15 is 0 Å². The van der Waals surface area contributed by atoms with Crippen LogP contribution in [0, 0.1) is 0 Å². The maximum atomic E-state index is 5.86. The molecule has 96 valence electrons. The van der Waals surface area contributed by atoms with Crippen molar-refractivity contribution in [1.29, 1.82) is 0 Å². The van der Waals surface area contributed by atoms with Gasteiger partial charge in [0.15, 0.2) is 0 Å². The van der Waals surface area contributed by atoms with Gasteiger partial charge in [0, 0.05) is 18.6 Å². The summed E-state index contributed by atoms with van der Waals surface area (Å²) in [5, 5.41) is 0. The number of nitrogens with two attached hydrogens (primary N) is 1. The summed E-state index contributed by atoms with van der Waals surface area (Å²) in [5.41, 5.74) is 7.20. The van der Waals surface area contributed by atoms with Gasteiger partial charge in [0.2, 0.25) is 0 Å². The number of benzene rings is 1. The van der Waals surface area contributed by atoms with Gasteiger partial charge in [-0.15, -0.1) is 0 Å². The molecule has 0 amide bonds. The monoisotopic (exact) mass is 236 g/mol. The third-order valence-corrected chi connectivity index (χ3v) is 3.70. The highest BCUT2D eigenvalue weighted by Crippen LogP contribution is 2.20. The smallest absolute Gasteiger partial charge is 0.118 e. The summed E-state index contributed by atoms with van der Waals surface area (Å²) in [6, 6.07) is 8.19. The standard InChI is InChI=1S/C14H24N2O/c1-5-14(2,11-15)16(3)10-12-6-8-13(17-4)9-7-12/h6-9H,5,10-11,15H2,1-4H3. The van der Waals surface area contributed by atoms with Crippen LogP contribution in [0.25, 0.3) is 0 Å². The Kier molecular flexibility index (Phi) is 4.97. The van der Waals surface area contributed by atoms with Crippen LogP contribution in [-0.2, 0) is 6.54 Å². The number of rotatable bonds is 6. The van der Waals surface area contributed by atoms with Crippen LogP contribution in [0.3, 0.4) is 0 Å². The summed E-state index contributed by atoms with van der Waals surface area (Å²) in [4.78, 5) is 2.31. The van der Waals surface area contributed by atoms with E-state index in [0.717, 1.165) is 18.7 Å². The summed E-state index contributed by atoms with van der Waals surface area (Å²) in [6.07, 6.45) is 1.05. The average Bonchev–Trinajstić information content (AvgIpc) is 2.38. The van der Waals surface area contributed by atoms with Crippen molar-refractivity contribution in [2.75, 3.05) is 20.7 Å². The van der Waals surface area contributed by atoms with Crippen LogP contribution in [0.1, 0.15) is 25.8 Å². The van der Waals surface area contributed by atoms with Crippen LogP contribution in [0.5, 0.6) is 5.75 Å². The lowest BCUT2D eigenvalue weighted by molar-refractivity contribution is 0.131. The van der Waals surface area contributed by atoms with E-state index in [1.54, 1.807) is 7.11 Å². The lowest BCUT2D eigenvalue weighted by Crippen LogP contribution is -2.48. The van der Waals surface area contributed by atoms with Gasteiger partial charge in [0.1, 0.15) is 5.75 Å². The number of likely N-dealkylation sites (N-methyl/N-ethyl adjacent to an activating group) is 1. The maximum Gasteiger partial charge on any atom is 0.118 e. The predicted octanol–water partition coefficient (Wildman–Crippen LogP) is 2.25. The van der Waals surface area contributed by atoms with Crippen LogP contribution in [0.2, 0.25) is 0 Å². The molecule has 0 fully saturated rings. The molecular formula is C14H24N2O. The van der Waals surface area contributed by atoms with Crippen molar-refractivity contribution in [3.8, 4) is 5.75 Å². The van der Waals surface area contributed by atoms with Gasteiger partial charge in [0.05, 0.1) is 7.11 Å². The van der Waals surface area contributed by atoms with E-state index in [-0.39, 0.29) is 5.54 Å². The first-order valence-electron chi connectivity index (χ1n) is 6.10. The van der Waals surface area contributed by atoms with Crippen molar-refractivity contribution >= 4 is 0 Å². The first kappa shape index (κ1) is 14.0. The molecule has 0 aliphatic heterocycles. The molecule has 0 spiro atoms. The summed E-state index contributed by atoms with van der Waals surface area (Å²) in [6.45, 7) is 5.97. The fourth-order valence-corrected chi connectivity index (χ4v) is 1.77. The zero-order valence-corrected chi connectivity index (χ0v) is 11.4. The van der Waals surface area contributed by atoms with Crippen molar-refractivity contribution in [2.45, 2.75) is 32.4 Å². The molecule has 1 rings (SSSR count). The summed E-state index contributed by atoms with van der Waals surface area (Å²) < 4.78 is 5.15. The van der Waals surface area contributed by atoms with Crippen molar-refractivity contribution in [2.24, 2.45) is 5.73 Å². The largest absolute Gasteiger partial charge is 0.497 e. The molecule has 1 atom stereocenters. The molecule has 1 aromatic rings. The van der Waals surface area contributed by atoms with E-state index in [1.165, 1.54) is 5.56 Å². The van der Waals surface area contributed by atoms with E-state index in [9.17, 15) is 0 Å². The highest BCUT2D eigenvalue weighted by atomic mass is 16.5. The second-order valence-electron chi connectivity index (χ2n) is 4.76. The number of hydrogen-bond donors (Lipinski definition) is 1. The molecule has 1 unspecified atom stereocenters. The highest BCUT2D eigenvalue weighted by molar-refractivity contribution is 5.27. The predicted molar refractivity (Wildman–Crippen MR) is 72.2 cm³/mol. The molecule has 0 bridgehead atoms. The Labute approximate surface area is 105 Å². The molecule has 0 radical (unpaired) electrons. The second kappa shape index (κ2) is 6.03. The first-order chi connectivity index (χ1) is 8.05. The minimum Gasteiger partial charge on any atom is -0.497 e. The Bertz CT molecular complexity index is 331. The molecule has 0 saturated heterocycles. The lowest BCUT2D eigenvalue weighted by Gasteiger charge is -2.37. The van der Waals surface area contributed by atoms with E-state index in [2.05, 4.69) is 37.9 Å². The summed E-state index contributed by atoms with van der Waals surface area (Å²) >= 11 is 0. The lowest BCUT2D eigenvalue weighted by atomic mass is 9.96. The molecule has 1 aromatic carbocycles. The SMILES string of the molecule is CCC(C)(CN)N(C)Cc1ccc(OC)cc1. The van der Waals surface area contributed by atoms with Crippen LogP contribution in [-0.4, -0.2) is 31.1 Å². The molecule has 3 heteroatoms. The third-order valence-electron chi connectivity index (χ3n) is 3.70. The Morgan fingerprint density at radius 2 is 1.88 bits per heavy atom. The van der Waals surface area contributed by atoms with E-state index in [0.29, 0.717) is 6.54 Å². The molecule has 3 nitrogen and oxygen atoms in total. The molecule has 0 saturated carbocycles. The number of hydrogen-bond acceptors (Lipinski definition) is 3. The molecule has 17 heavy (non-hydrogen) atoms. The fraction of sp³-hybridized carbons (Fsp3) is 0.571. The average molecular weight is 236 g/mol. The van der Waals surface area contributed by atoms with Crippen LogP contribution < -0.4 is 10.5 Å². The van der Waals surface area contributed by atoms with Gasteiger partial charge in [-0.05, 0) is 38.1 Å². The Hall–Kier alpha value is -1.06. The third kappa shape index (κ3) is 3.45. The zero-order valence-electron chi connectivity index (χ0n) is 11.4. The van der Waals surface area contributed by atoms with E-state index in [4.69, 9.17) is 10.5 Å². The van der Waals surface area contributed by atoms with Crippen molar-refractivity contribution in [3.05, 3.63) is 29.8 Å². The molecule has 0 aliphatic carbocycles. The molecule has 0 aliphatic rings. The molecule has 2 N–H and O–H groups in total. The minimum absolute atomic E-state index is 0.0694. The van der Waals surface area contributed by atoms with Crippen LogP contribution in [0.4, 0.5) is 0 Å². The second-order valence-corrected chi connectivity index (χ2v) is 4.76. The summed E-state index contributed by atoms with van der Waals surface area (Å²) in [7, 11) is 3.81. The maximum absolute atomic E-state index is 5.86.